The van der Waals surface area contributed by atoms with Gasteiger partial charge in [0.1, 0.15) is 5.75 Å². The normalized spacial score (nSPS) is 17.4. The van der Waals surface area contributed by atoms with Gasteiger partial charge < -0.3 is 9.64 Å². The predicted molar refractivity (Wildman–Crippen MR) is 109 cm³/mol. The smallest absolute Gasteiger partial charge is 0.323 e. The van der Waals surface area contributed by atoms with E-state index < -0.39 is 0 Å². The lowest BCUT2D eigenvalue weighted by atomic mass is 10.0. The highest BCUT2D eigenvalue weighted by Gasteiger charge is 2.20. The molecule has 0 spiro atoms. The average molecular weight is 378 g/mol. The highest BCUT2D eigenvalue weighted by Crippen LogP contribution is 2.26. The van der Waals surface area contributed by atoms with E-state index in [0.29, 0.717) is 25.0 Å². The molecule has 1 saturated heterocycles. The molecule has 1 saturated carbocycles. The van der Waals surface area contributed by atoms with Crippen molar-refractivity contribution in [2.24, 2.45) is 0 Å². The molecule has 2 heterocycles. The standard InChI is InChI=1S/C22H26N4O2/c27-22(24-21-9-4-12-23-25-21)26-13-10-17(11-14-26)15-18-5-3-8-20(16-18)28-19-6-1-2-7-19/h3-5,8-9,12,15-16,19H,1-2,6-7,10-11,13-14H2,(H,24,25,27). The van der Waals surface area contributed by atoms with Gasteiger partial charge in [-0.25, -0.2) is 4.79 Å². The number of aromatic nitrogens is 2. The fourth-order valence-electron chi connectivity index (χ4n) is 3.81. The zero-order chi connectivity index (χ0) is 19.2. The molecular weight excluding hydrogens is 352 g/mol. The summed E-state index contributed by atoms with van der Waals surface area (Å²) in [6.45, 7) is 1.41. The van der Waals surface area contributed by atoms with Gasteiger partial charge in [0.2, 0.25) is 0 Å². The number of anilines is 1. The van der Waals surface area contributed by atoms with Gasteiger partial charge in [-0.05, 0) is 68.4 Å². The number of hydrogen-bond donors (Lipinski definition) is 1. The highest BCUT2D eigenvalue weighted by molar-refractivity contribution is 5.88. The molecule has 2 fully saturated rings. The maximum Gasteiger partial charge on any atom is 0.323 e. The van der Waals surface area contributed by atoms with E-state index in [0.717, 1.165) is 31.4 Å². The van der Waals surface area contributed by atoms with E-state index in [-0.39, 0.29) is 6.03 Å². The summed E-state index contributed by atoms with van der Waals surface area (Å²) in [7, 11) is 0. The summed E-state index contributed by atoms with van der Waals surface area (Å²) in [5, 5.41) is 10.5. The van der Waals surface area contributed by atoms with Crippen LogP contribution in [0.4, 0.5) is 10.6 Å². The summed E-state index contributed by atoms with van der Waals surface area (Å²) in [6, 6.07) is 11.7. The van der Waals surface area contributed by atoms with Gasteiger partial charge in [-0.1, -0.05) is 23.8 Å². The van der Waals surface area contributed by atoms with Crippen LogP contribution in [0.3, 0.4) is 0 Å². The number of hydrogen-bond acceptors (Lipinski definition) is 4. The molecule has 0 unspecified atom stereocenters. The monoisotopic (exact) mass is 378 g/mol. The summed E-state index contributed by atoms with van der Waals surface area (Å²) in [5.41, 5.74) is 2.53. The van der Waals surface area contributed by atoms with Crippen molar-refractivity contribution in [3.8, 4) is 5.75 Å². The minimum absolute atomic E-state index is 0.119. The molecule has 146 valence electrons. The molecule has 28 heavy (non-hydrogen) atoms. The molecule has 2 aliphatic rings. The van der Waals surface area contributed by atoms with Crippen LogP contribution in [0.15, 0.2) is 48.2 Å². The number of benzene rings is 1. The number of amides is 2. The second kappa shape index (κ2) is 8.87. The predicted octanol–water partition coefficient (Wildman–Crippen LogP) is 4.51. The van der Waals surface area contributed by atoms with Crippen molar-refractivity contribution in [2.75, 3.05) is 18.4 Å². The van der Waals surface area contributed by atoms with Gasteiger partial charge in [-0.3, -0.25) is 5.32 Å². The van der Waals surface area contributed by atoms with Gasteiger partial charge in [-0.15, -0.1) is 5.10 Å². The number of nitrogens with zero attached hydrogens (tertiary/aromatic N) is 3. The van der Waals surface area contributed by atoms with E-state index in [1.807, 2.05) is 11.0 Å². The van der Waals surface area contributed by atoms with Gasteiger partial charge in [0.25, 0.3) is 0 Å². The van der Waals surface area contributed by atoms with Crippen molar-refractivity contribution in [3.05, 3.63) is 53.7 Å². The Labute approximate surface area is 165 Å². The van der Waals surface area contributed by atoms with Crippen molar-refractivity contribution in [3.63, 3.8) is 0 Å². The summed E-state index contributed by atoms with van der Waals surface area (Å²) in [5.74, 6) is 1.44. The van der Waals surface area contributed by atoms with Crippen LogP contribution in [-0.2, 0) is 0 Å². The molecular formula is C22H26N4O2. The van der Waals surface area contributed by atoms with Crippen molar-refractivity contribution < 1.29 is 9.53 Å². The Morgan fingerprint density at radius 1 is 1.14 bits per heavy atom. The summed E-state index contributed by atoms with van der Waals surface area (Å²) < 4.78 is 6.11. The van der Waals surface area contributed by atoms with Crippen LogP contribution < -0.4 is 10.1 Å². The third-order valence-electron chi connectivity index (χ3n) is 5.33. The van der Waals surface area contributed by atoms with E-state index in [2.05, 4.69) is 39.8 Å². The van der Waals surface area contributed by atoms with Crippen LogP contribution in [-0.4, -0.2) is 40.3 Å². The summed E-state index contributed by atoms with van der Waals surface area (Å²) >= 11 is 0. The maximum absolute atomic E-state index is 12.4. The zero-order valence-electron chi connectivity index (χ0n) is 16.0. The average Bonchev–Trinajstić information content (AvgIpc) is 3.23. The molecule has 4 rings (SSSR count). The molecule has 0 bridgehead atoms. The van der Waals surface area contributed by atoms with Crippen LogP contribution in [0, 0.1) is 0 Å². The summed E-state index contributed by atoms with van der Waals surface area (Å²) in [4.78, 5) is 14.2. The van der Waals surface area contributed by atoms with Gasteiger partial charge in [-0.2, -0.15) is 5.10 Å². The Morgan fingerprint density at radius 3 is 2.71 bits per heavy atom. The number of nitrogens with one attached hydrogen (secondary N) is 1. The molecule has 2 aromatic rings. The zero-order valence-corrected chi connectivity index (χ0v) is 16.0. The van der Waals surface area contributed by atoms with Crippen LogP contribution in [0.25, 0.3) is 6.08 Å². The van der Waals surface area contributed by atoms with E-state index in [4.69, 9.17) is 4.74 Å². The summed E-state index contributed by atoms with van der Waals surface area (Å²) in [6.07, 6.45) is 10.8. The molecule has 0 radical (unpaired) electrons. The Bertz CT molecular complexity index is 821. The van der Waals surface area contributed by atoms with Crippen molar-refractivity contribution in [2.45, 2.75) is 44.6 Å². The number of rotatable bonds is 4. The fourth-order valence-corrected chi connectivity index (χ4v) is 3.81. The number of urea groups is 1. The molecule has 1 N–H and O–H groups in total. The number of carbonyl (C=O) groups is 1. The second-order valence-corrected chi connectivity index (χ2v) is 7.43. The van der Waals surface area contributed by atoms with Crippen LogP contribution >= 0.6 is 0 Å². The largest absolute Gasteiger partial charge is 0.490 e. The number of ether oxygens (including phenoxy) is 1. The minimum atomic E-state index is -0.119. The van der Waals surface area contributed by atoms with E-state index in [1.165, 1.54) is 24.0 Å². The molecule has 1 aliphatic carbocycles. The Balaban J connectivity index is 1.32. The van der Waals surface area contributed by atoms with Gasteiger partial charge in [0, 0.05) is 19.3 Å². The lowest BCUT2D eigenvalue weighted by Gasteiger charge is -2.28. The maximum atomic E-state index is 12.4. The van der Waals surface area contributed by atoms with E-state index in [9.17, 15) is 4.79 Å². The first kappa shape index (κ1) is 18.5. The molecule has 0 atom stereocenters. The lowest BCUT2D eigenvalue weighted by Crippen LogP contribution is -2.39. The number of likely N-dealkylation sites (tertiary alicyclic amines) is 1. The number of carbonyl (C=O) groups excluding carboxylic acids is 1. The molecule has 6 heteroatoms. The minimum Gasteiger partial charge on any atom is -0.490 e. The first-order valence-corrected chi connectivity index (χ1v) is 10.1. The first-order valence-electron chi connectivity index (χ1n) is 10.1. The van der Waals surface area contributed by atoms with Crippen molar-refractivity contribution in [1.82, 2.24) is 15.1 Å². The molecule has 1 aromatic heterocycles. The van der Waals surface area contributed by atoms with Crippen molar-refractivity contribution in [1.29, 1.82) is 0 Å². The highest BCUT2D eigenvalue weighted by atomic mass is 16.5. The van der Waals surface area contributed by atoms with E-state index in [1.54, 1.807) is 18.3 Å². The third kappa shape index (κ3) is 4.88. The number of piperidine rings is 1. The van der Waals surface area contributed by atoms with Crippen LogP contribution in [0.5, 0.6) is 5.75 Å². The van der Waals surface area contributed by atoms with Crippen LogP contribution in [0.1, 0.15) is 44.1 Å². The fraction of sp³-hybridized carbons (Fsp3) is 0.409. The van der Waals surface area contributed by atoms with Gasteiger partial charge >= 0.3 is 6.03 Å². The van der Waals surface area contributed by atoms with Gasteiger partial charge in [0.15, 0.2) is 5.82 Å². The van der Waals surface area contributed by atoms with Gasteiger partial charge in [0.05, 0.1) is 6.10 Å². The topological polar surface area (TPSA) is 67.4 Å². The lowest BCUT2D eigenvalue weighted by molar-refractivity contribution is 0.207. The van der Waals surface area contributed by atoms with Crippen molar-refractivity contribution >= 4 is 17.9 Å². The van der Waals surface area contributed by atoms with E-state index >= 15 is 0 Å². The quantitative estimate of drug-likeness (QED) is 0.850. The SMILES string of the molecule is O=C(Nc1cccnn1)N1CCC(=Cc2cccc(OC3CCCC3)c2)CC1. The molecule has 6 nitrogen and oxygen atoms in total. The molecule has 2 amide bonds. The first-order chi connectivity index (χ1) is 13.8. The Morgan fingerprint density at radius 2 is 1.96 bits per heavy atom. The molecule has 1 aromatic carbocycles. The Hall–Kier alpha value is -2.89. The molecule has 1 aliphatic heterocycles. The second-order valence-electron chi connectivity index (χ2n) is 7.43. The van der Waals surface area contributed by atoms with Crippen LogP contribution in [0.2, 0.25) is 0 Å². The Kier molecular flexibility index (Phi) is 5.85. The third-order valence-corrected chi connectivity index (χ3v) is 5.33.